The van der Waals surface area contributed by atoms with Gasteiger partial charge in [0.05, 0.1) is 17.7 Å². The van der Waals surface area contributed by atoms with Gasteiger partial charge < -0.3 is 15.0 Å². The van der Waals surface area contributed by atoms with Crippen molar-refractivity contribution in [3.8, 4) is 5.75 Å². The Morgan fingerprint density at radius 1 is 0.872 bits per heavy atom. The molecule has 0 aromatic heterocycles. The first-order valence-corrected chi connectivity index (χ1v) is 17.6. The topological polar surface area (TPSA) is 96.0 Å². The van der Waals surface area contributed by atoms with Crippen LogP contribution in [0.4, 0.5) is 5.69 Å². The molecular formula is C37H40ClN3O5S. The van der Waals surface area contributed by atoms with E-state index < -0.39 is 28.5 Å². The van der Waals surface area contributed by atoms with Gasteiger partial charge in [-0.05, 0) is 67.3 Å². The summed E-state index contributed by atoms with van der Waals surface area (Å²) in [7, 11) is -2.79. The van der Waals surface area contributed by atoms with Crippen molar-refractivity contribution in [2.24, 2.45) is 0 Å². The number of methoxy groups -OCH3 is 1. The van der Waals surface area contributed by atoms with E-state index in [2.05, 4.69) is 5.32 Å². The average molecular weight is 674 g/mol. The largest absolute Gasteiger partial charge is 0.495 e. The molecule has 0 saturated heterocycles. The third kappa shape index (κ3) is 8.53. The quantitative estimate of drug-likeness (QED) is 0.174. The number of hydrogen-bond acceptors (Lipinski definition) is 5. The summed E-state index contributed by atoms with van der Waals surface area (Å²) >= 11 is 6.18. The molecule has 5 rings (SSSR count). The Labute approximate surface area is 282 Å². The number of nitrogens with one attached hydrogen (secondary N) is 1. The molecule has 1 saturated carbocycles. The first-order valence-electron chi connectivity index (χ1n) is 15.8. The molecule has 8 nitrogen and oxygen atoms in total. The molecule has 0 bridgehead atoms. The fourth-order valence-corrected chi connectivity index (χ4v) is 7.45. The van der Waals surface area contributed by atoms with E-state index in [1.54, 1.807) is 60.7 Å². The van der Waals surface area contributed by atoms with Crippen LogP contribution in [0.2, 0.25) is 5.02 Å². The van der Waals surface area contributed by atoms with Gasteiger partial charge in [0, 0.05) is 24.0 Å². The summed E-state index contributed by atoms with van der Waals surface area (Å²) in [6.45, 7) is 1.37. The number of halogens is 1. The van der Waals surface area contributed by atoms with Crippen LogP contribution in [-0.2, 0) is 32.6 Å². The predicted molar refractivity (Wildman–Crippen MR) is 185 cm³/mol. The van der Waals surface area contributed by atoms with E-state index in [-0.39, 0.29) is 35.5 Å². The lowest BCUT2D eigenvalue weighted by molar-refractivity contribution is -0.140. The summed E-state index contributed by atoms with van der Waals surface area (Å²) in [6.07, 6.45) is 4.08. The Balaban J connectivity index is 1.58. The van der Waals surface area contributed by atoms with Crippen molar-refractivity contribution in [3.05, 3.63) is 125 Å². The Morgan fingerprint density at radius 3 is 2.17 bits per heavy atom. The van der Waals surface area contributed by atoms with Crippen molar-refractivity contribution >= 4 is 39.1 Å². The van der Waals surface area contributed by atoms with E-state index >= 15 is 0 Å². The number of anilines is 1. The third-order valence-corrected chi connectivity index (χ3v) is 10.5. The summed E-state index contributed by atoms with van der Waals surface area (Å²) in [4.78, 5) is 30.3. The standard InChI is InChI=1S/C37H40ClN3O5S/c1-27-16-22-32(23-17-27)47(44,45)41(33-14-8-9-15-35(33)46-2)26-36(42)40(25-29-18-20-30(38)21-19-29)34(24-28-10-4-3-5-11-28)37(43)39-31-12-6-7-13-31/h3-5,8-11,14-23,31,34H,6-7,12-13,24-26H2,1-2H3,(H,39,43). The molecular weight excluding hydrogens is 634 g/mol. The highest BCUT2D eigenvalue weighted by molar-refractivity contribution is 7.92. The van der Waals surface area contributed by atoms with Crippen LogP contribution in [0.25, 0.3) is 0 Å². The Kier molecular flexibility index (Phi) is 11.2. The number of rotatable bonds is 13. The number of para-hydroxylation sites is 2. The molecule has 246 valence electrons. The minimum absolute atomic E-state index is 0.0280. The third-order valence-electron chi connectivity index (χ3n) is 8.48. The molecule has 0 aliphatic heterocycles. The maximum Gasteiger partial charge on any atom is 0.264 e. The second-order valence-corrected chi connectivity index (χ2v) is 14.1. The first kappa shape index (κ1) is 34.0. The maximum atomic E-state index is 14.7. The molecule has 47 heavy (non-hydrogen) atoms. The van der Waals surface area contributed by atoms with E-state index in [4.69, 9.17) is 16.3 Å². The number of amides is 2. The van der Waals surface area contributed by atoms with Crippen LogP contribution in [-0.4, -0.2) is 50.9 Å². The summed E-state index contributed by atoms with van der Waals surface area (Å²) in [5.74, 6) is -0.516. The van der Waals surface area contributed by atoms with Crippen LogP contribution in [0.3, 0.4) is 0 Å². The molecule has 0 heterocycles. The van der Waals surface area contributed by atoms with Gasteiger partial charge in [0.1, 0.15) is 18.3 Å². The van der Waals surface area contributed by atoms with Gasteiger partial charge in [-0.3, -0.25) is 13.9 Å². The molecule has 4 aromatic rings. The van der Waals surface area contributed by atoms with E-state index in [0.29, 0.717) is 10.8 Å². The molecule has 4 aromatic carbocycles. The fraction of sp³-hybridized carbons (Fsp3) is 0.297. The lowest BCUT2D eigenvalue weighted by Gasteiger charge is -2.34. The molecule has 10 heteroatoms. The summed E-state index contributed by atoms with van der Waals surface area (Å²) < 4.78 is 35.2. The van der Waals surface area contributed by atoms with Gasteiger partial charge in [0.2, 0.25) is 11.8 Å². The van der Waals surface area contributed by atoms with Crippen LogP contribution >= 0.6 is 11.6 Å². The minimum Gasteiger partial charge on any atom is -0.495 e. The van der Waals surface area contributed by atoms with Gasteiger partial charge >= 0.3 is 0 Å². The number of aryl methyl sites for hydroxylation is 1. The van der Waals surface area contributed by atoms with Gasteiger partial charge in [-0.15, -0.1) is 0 Å². The number of sulfonamides is 1. The Bertz CT molecular complexity index is 1760. The summed E-state index contributed by atoms with van der Waals surface area (Å²) in [5.41, 5.74) is 2.74. The van der Waals surface area contributed by atoms with Crippen LogP contribution in [0, 0.1) is 6.92 Å². The second-order valence-electron chi connectivity index (χ2n) is 11.8. The van der Waals surface area contributed by atoms with Crippen molar-refractivity contribution in [3.63, 3.8) is 0 Å². The van der Waals surface area contributed by atoms with E-state index in [1.807, 2.05) is 37.3 Å². The monoisotopic (exact) mass is 673 g/mol. The van der Waals surface area contributed by atoms with Crippen molar-refractivity contribution in [1.82, 2.24) is 10.2 Å². The SMILES string of the molecule is COc1ccccc1N(CC(=O)N(Cc1ccc(Cl)cc1)C(Cc1ccccc1)C(=O)NC1CCCC1)S(=O)(=O)c1ccc(C)cc1. The smallest absolute Gasteiger partial charge is 0.264 e. The highest BCUT2D eigenvalue weighted by atomic mass is 35.5. The lowest BCUT2D eigenvalue weighted by Crippen LogP contribution is -2.54. The number of carbonyl (C=O) groups excluding carboxylic acids is 2. The van der Waals surface area contributed by atoms with Crippen molar-refractivity contribution in [1.29, 1.82) is 0 Å². The van der Waals surface area contributed by atoms with Crippen LogP contribution in [0.5, 0.6) is 5.75 Å². The van der Waals surface area contributed by atoms with Crippen LogP contribution < -0.4 is 14.4 Å². The first-order chi connectivity index (χ1) is 22.7. The highest BCUT2D eigenvalue weighted by Gasteiger charge is 2.36. The second kappa shape index (κ2) is 15.5. The zero-order chi connectivity index (χ0) is 33.4. The Hall–Kier alpha value is -4.34. The number of hydrogen-bond donors (Lipinski definition) is 1. The molecule has 0 radical (unpaired) electrons. The van der Waals surface area contributed by atoms with Crippen LogP contribution in [0.15, 0.2) is 108 Å². The van der Waals surface area contributed by atoms with Crippen molar-refractivity contribution < 1.29 is 22.7 Å². The minimum atomic E-state index is -4.25. The predicted octanol–water partition coefficient (Wildman–Crippen LogP) is 6.55. The van der Waals surface area contributed by atoms with Crippen LogP contribution in [0.1, 0.15) is 42.4 Å². The molecule has 2 amide bonds. The molecule has 1 aliphatic rings. The maximum absolute atomic E-state index is 14.7. The average Bonchev–Trinajstić information content (AvgIpc) is 3.59. The van der Waals surface area contributed by atoms with E-state index in [1.165, 1.54) is 24.1 Å². The molecule has 1 unspecified atom stereocenters. The molecule has 1 N–H and O–H groups in total. The van der Waals surface area contributed by atoms with Gasteiger partial charge in [0.15, 0.2) is 0 Å². The van der Waals surface area contributed by atoms with Gasteiger partial charge in [-0.25, -0.2) is 8.42 Å². The Morgan fingerprint density at radius 2 is 1.51 bits per heavy atom. The number of benzene rings is 4. The molecule has 1 atom stereocenters. The molecule has 0 spiro atoms. The summed E-state index contributed by atoms with van der Waals surface area (Å²) in [5, 5.41) is 3.73. The number of carbonyl (C=O) groups is 2. The lowest BCUT2D eigenvalue weighted by atomic mass is 10.0. The van der Waals surface area contributed by atoms with Crippen molar-refractivity contribution in [2.75, 3.05) is 18.0 Å². The zero-order valence-electron chi connectivity index (χ0n) is 26.6. The zero-order valence-corrected chi connectivity index (χ0v) is 28.2. The molecule has 1 fully saturated rings. The number of nitrogens with zero attached hydrogens (tertiary/aromatic N) is 2. The van der Waals surface area contributed by atoms with E-state index in [9.17, 15) is 18.0 Å². The van der Waals surface area contributed by atoms with Gasteiger partial charge in [-0.2, -0.15) is 0 Å². The highest BCUT2D eigenvalue weighted by Crippen LogP contribution is 2.33. The normalized spacial score (nSPS) is 13.9. The van der Waals surface area contributed by atoms with Crippen molar-refractivity contribution in [2.45, 2.75) is 62.6 Å². The molecule has 1 aliphatic carbocycles. The fourth-order valence-electron chi connectivity index (χ4n) is 5.89. The number of ether oxygens (including phenoxy) is 1. The van der Waals surface area contributed by atoms with Gasteiger partial charge in [0.25, 0.3) is 10.0 Å². The van der Waals surface area contributed by atoms with E-state index in [0.717, 1.165) is 46.7 Å². The van der Waals surface area contributed by atoms with Gasteiger partial charge in [-0.1, -0.05) is 96.7 Å². The summed E-state index contributed by atoms with van der Waals surface area (Å²) in [6, 6.07) is 28.9.